The first-order valence-electron chi connectivity index (χ1n) is 9.12. The summed E-state index contributed by atoms with van der Waals surface area (Å²) < 4.78 is 5.14. The summed E-state index contributed by atoms with van der Waals surface area (Å²) in [5, 5.41) is 2.99. The molecule has 1 heterocycles. The molecule has 1 aliphatic heterocycles. The van der Waals surface area contributed by atoms with E-state index in [1.807, 2.05) is 31.2 Å². The minimum atomic E-state index is -0.143. The third kappa shape index (κ3) is 5.30. The molecule has 5 heteroatoms. The molecule has 1 aromatic carbocycles. The number of carbonyl (C=O) groups is 2. The number of carbonyl (C=O) groups excluding carboxylic acids is 2. The Labute approximate surface area is 150 Å². The van der Waals surface area contributed by atoms with Crippen LogP contribution in [0.1, 0.15) is 44.0 Å². The standard InChI is InChI=1S/C20H30N2O3/c1-14(2)13-21-20(24)15(3)22-11-9-17(10-12-22)19(23)16-5-7-18(25-4)8-6-16/h5-8,14-15,17H,9-13H2,1-4H3,(H,21,24). The van der Waals surface area contributed by atoms with Crippen LogP contribution in [0, 0.1) is 11.8 Å². The van der Waals surface area contributed by atoms with E-state index < -0.39 is 0 Å². The number of benzene rings is 1. The fourth-order valence-electron chi connectivity index (χ4n) is 3.16. The fourth-order valence-corrected chi connectivity index (χ4v) is 3.16. The molecule has 0 aromatic heterocycles. The van der Waals surface area contributed by atoms with Gasteiger partial charge in [-0.25, -0.2) is 0 Å². The third-order valence-corrected chi connectivity index (χ3v) is 4.89. The van der Waals surface area contributed by atoms with Crippen LogP contribution >= 0.6 is 0 Å². The molecule has 0 radical (unpaired) electrons. The zero-order valence-corrected chi connectivity index (χ0v) is 15.7. The molecule has 1 saturated heterocycles. The normalized spacial score (nSPS) is 17.3. The smallest absolute Gasteiger partial charge is 0.237 e. The van der Waals surface area contributed by atoms with Gasteiger partial charge in [-0.15, -0.1) is 0 Å². The van der Waals surface area contributed by atoms with E-state index in [1.165, 1.54) is 0 Å². The average Bonchev–Trinajstić information content (AvgIpc) is 2.65. The number of ketones is 1. The molecule has 1 N–H and O–H groups in total. The second kappa shape index (κ2) is 8.99. The van der Waals surface area contributed by atoms with Gasteiger partial charge >= 0.3 is 0 Å². The number of amides is 1. The number of piperidine rings is 1. The third-order valence-electron chi connectivity index (χ3n) is 4.89. The number of nitrogens with one attached hydrogen (secondary N) is 1. The Hall–Kier alpha value is -1.88. The first-order chi connectivity index (χ1) is 11.9. The van der Waals surface area contributed by atoms with Crippen LogP contribution in [0.3, 0.4) is 0 Å². The highest BCUT2D eigenvalue weighted by molar-refractivity contribution is 5.98. The van der Waals surface area contributed by atoms with Crippen LogP contribution in [-0.2, 0) is 4.79 Å². The average molecular weight is 346 g/mol. The summed E-state index contributed by atoms with van der Waals surface area (Å²) in [5.74, 6) is 1.51. The summed E-state index contributed by atoms with van der Waals surface area (Å²) in [5.41, 5.74) is 0.738. The Morgan fingerprint density at radius 3 is 2.28 bits per heavy atom. The van der Waals surface area contributed by atoms with Gasteiger partial charge in [0.1, 0.15) is 5.75 Å². The second-order valence-corrected chi connectivity index (χ2v) is 7.22. The highest BCUT2D eigenvalue weighted by Gasteiger charge is 2.30. The van der Waals surface area contributed by atoms with Gasteiger partial charge < -0.3 is 10.1 Å². The predicted molar refractivity (Wildman–Crippen MR) is 98.9 cm³/mol. The molecule has 1 unspecified atom stereocenters. The predicted octanol–water partition coefficient (Wildman–Crippen LogP) is 2.75. The van der Waals surface area contributed by atoms with E-state index in [0.717, 1.165) is 37.2 Å². The van der Waals surface area contributed by atoms with Gasteiger partial charge in [0.25, 0.3) is 0 Å². The van der Waals surface area contributed by atoms with Crippen molar-refractivity contribution in [2.75, 3.05) is 26.7 Å². The Morgan fingerprint density at radius 1 is 1.16 bits per heavy atom. The maximum Gasteiger partial charge on any atom is 0.237 e. The highest BCUT2D eigenvalue weighted by atomic mass is 16.5. The molecular formula is C20H30N2O3. The summed E-state index contributed by atoms with van der Waals surface area (Å²) in [4.78, 5) is 27.0. The minimum Gasteiger partial charge on any atom is -0.497 e. The molecule has 1 amide bonds. The number of methoxy groups -OCH3 is 1. The first kappa shape index (κ1) is 19.4. The first-order valence-corrected chi connectivity index (χ1v) is 9.12. The monoisotopic (exact) mass is 346 g/mol. The van der Waals surface area contributed by atoms with Crippen molar-refractivity contribution >= 4 is 11.7 Å². The van der Waals surface area contributed by atoms with Gasteiger partial charge in [-0.3, -0.25) is 14.5 Å². The molecule has 25 heavy (non-hydrogen) atoms. The Balaban J connectivity index is 1.85. The maximum absolute atomic E-state index is 12.6. The zero-order valence-electron chi connectivity index (χ0n) is 15.7. The van der Waals surface area contributed by atoms with Crippen LogP contribution in [0.4, 0.5) is 0 Å². The molecule has 0 bridgehead atoms. The van der Waals surface area contributed by atoms with Crippen molar-refractivity contribution in [2.45, 2.75) is 39.7 Å². The van der Waals surface area contributed by atoms with Gasteiger partial charge in [0.15, 0.2) is 5.78 Å². The molecule has 1 fully saturated rings. The number of hydrogen-bond donors (Lipinski definition) is 1. The van der Waals surface area contributed by atoms with E-state index in [-0.39, 0.29) is 23.7 Å². The summed E-state index contributed by atoms with van der Waals surface area (Å²) in [6.45, 7) is 8.38. The zero-order chi connectivity index (χ0) is 18.4. The lowest BCUT2D eigenvalue weighted by molar-refractivity contribution is -0.126. The van der Waals surface area contributed by atoms with Crippen molar-refractivity contribution in [3.05, 3.63) is 29.8 Å². The lowest BCUT2D eigenvalue weighted by atomic mass is 9.88. The molecule has 5 nitrogen and oxygen atoms in total. The molecule has 138 valence electrons. The highest BCUT2D eigenvalue weighted by Crippen LogP contribution is 2.24. The number of nitrogens with zero attached hydrogens (tertiary/aromatic N) is 1. The number of hydrogen-bond acceptors (Lipinski definition) is 4. The number of rotatable bonds is 7. The van der Waals surface area contributed by atoms with E-state index in [2.05, 4.69) is 24.1 Å². The maximum atomic E-state index is 12.6. The van der Waals surface area contributed by atoms with Gasteiger partial charge in [0.05, 0.1) is 13.2 Å². The number of ether oxygens (including phenoxy) is 1. The Kier molecular flexibility index (Phi) is 7.00. The Bertz CT molecular complexity index is 575. The lowest BCUT2D eigenvalue weighted by Gasteiger charge is -2.34. The van der Waals surface area contributed by atoms with Gasteiger partial charge in [0.2, 0.25) is 5.91 Å². The topological polar surface area (TPSA) is 58.6 Å². The quantitative estimate of drug-likeness (QED) is 0.771. The van der Waals surface area contributed by atoms with Gasteiger partial charge in [-0.1, -0.05) is 13.8 Å². The lowest BCUT2D eigenvalue weighted by Crippen LogP contribution is -2.49. The summed E-state index contributed by atoms with van der Waals surface area (Å²) >= 11 is 0. The van der Waals surface area contributed by atoms with Crippen molar-refractivity contribution < 1.29 is 14.3 Å². The summed E-state index contributed by atoms with van der Waals surface area (Å²) in [6.07, 6.45) is 1.60. The summed E-state index contributed by atoms with van der Waals surface area (Å²) in [7, 11) is 1.62. The molecule has 0 aliphatic carbocycles. The molecule has 0 saturated carbocycles. The largest absolute Gasteiger partial charge is 0.497 e. The fraction of sp³-hybridized carbons (Fsp3) is 0.600. The van der Waals surface area contributed by atoms with Crippen molar-refractivity contribution in [1.29, 1.82) is 0 Å². The van der Waals surface area contributed by atoms with Gasteiger partial charge in [0, 0.05) is 18.0 Å². The van der Waals surface area contributed by atoms with Gasteiger partial charge in [-0.05, 0) is 63.0 Å². The molecule has 1 atom stereocenters. The van der Waals surface area contributed by atoms with Crippen molar-refractivity contribution in [2.24, 2.45) is 11.8 Å². The number of likely N-dealkylation sites (tertiary alicyclic amines) is 1. The number of Topliss-reactive ketones (excluding diaryl/α,β-unsaturated/α-hetero) is 1. The molecule has 1 aromatic rings. The van der Waals surface area contributed by atoms with Gasteiger partial charge in [-0.2, -0.15) is 0 Å². The SMILES string of the molecule is COc1ccc(C(=O)C2CCN(C(C)C(=O)NCC(C)C)CC2)cc1. The Morgan fingerprint density at radius 2 is 1.76 bits per heavy atom. The molecule has 2 rings (SSSR count). The molecule has 1 aliphatic rings. The van der Waals surface area contributed by atoms with Crippen molar-refractivity contribution in [3.63, 3.8) is 0 Å². The van der Waals surface area contributed by atoms with Crippen molar-refractivity contribution in [3.8, 4) is 5.75 Å². The van der Waals surface area contributed by atoms with E-state index >= 15 is 0 Å². The molecular weight excluding hydrogens is 316 g/mol. The van der Waals surface area contributed by atoms with Crippen LogP contribution in [0.25, 0.3) is 0 Å². The van der Waals surface area contributed by atoms with Crippen LogP contribution in [0.5, 0.6) is 5.75 Å². The van der Waals surface area contributed by atoms with E-state index in [4.69, 9.17) is 4.74 Å². The van der Waals surface area contributed by atoms with Crippen LogP contribution in [0.15, 0.2) is 24.3 Å². The van der Waals surface area contributed by atoms with Crippen LogP contribution < -0.4 is 10.1 Å². The second-order valence-electron chi connectivity index (χ2n) is 7.22. The van der Waals surface area contributed by atoms with Crippen molar-refractivity contribution in [1.82, 2.24) is 10.2 Å². The van der Waals surface area contributed by atoms with Crippen LogP contribution in [0.2, 0.25) is 0 Å². The van der Waals surface area contributed by atoms with E-state index in [1.54, 1.807) is 7.11 Å². The van der Waals surface area contributed by atoms with E-state index in [0.29, 0.717) is 12.5 Å². The molecule has 0 spiro atoms. The summed E-state index contributed by atoms with van der Waals surface area (Å²) in [6, 6.07) is 7.16. The van der Waals surface area contributed by atoms with Crippen LogP contribution in [-0.4, -0.2) is 49.4 Å². The van der Waals surface area contributed by atoms with E-state index in [9.17, 15) is 9.59 Å². The minimum absolute atomic E-state index is 0.0376.